The van der Waals surface area contributed by atoms with E-state index in [1.54, 1.807) is 30.0 Å². The van der Waals surface area contributed by atoms with Gasteiger partial charge in [-0.15, -0.1) is 0 Å². The van der Waals surface area contributed by atoms with Crippen LogP contribution < -0.4 is 9.47 Å². The molecule has 1 aromatic carbocycles. The summed E-state index contributed by atoms with van der Waals surface area (Å²) >= 11 is 1.79. The number of nitrogens with zero attached hydrogens (tertiary/aromatic N) is 1. The van der Waals surface area contributed by atoms with Gasteiger partial charge in [0.15, 0.2) is 17.3 Å². The fourth-order valence-electron chi connectivity index (χ4n) is 1.91. The first-order chi connectivity index (χ1) is 9.11. The Morgan fingerprint density at radius 2 is 2.16 bits per heavy atom. The zero-order valence-electron chi connectivity index (χ0n) is 11.5. The molecule has 1 aromatic rings. The SMILES string of the molecule is CSCC(C)N(C)CC(=O)c1ccc2c(c1)OCO2. The van der Waals surface area contributed by atoms with Crippen LogP contribution in [0.1, 0.15) is 17.3 Å². The van der Waals surface area contributed by atoms with E-state index in [9.17, 15) is 4.79 Å². The minimum absolute atomic E-state index is 0.105. The molecule has 0 saturated heterocycles. The third-order valence-corrected chi connectivity index (χ3v) is 4.06. The third-order valence-electron chi connectivity index (χ3n) is 3.25. The highest BCUT2D eigenvalue weighted by atomic mass is 32.2. The van der Waals surface area contributed by atoms with Crippen LogP contribution in [0.25, 0.3) is 0 Å². The van der Waals surface area contributed by atoms with E-state index in [0.29, 0.717) is 29.6 Å². The Morgan fingerprint density at radius 3 is 2.89 bits per heavy atom. The minimum atomic E-state index is 0.105. The van der Waals surface area contributed by atoms with Gasteiger partial charge in [-0.3, -0.25) is 9.69 Å². The fourth-order valence-corrected chi connectivity index (χ4v) is 2.65. The zero-order chi connectivity index (χ0) is 13.8. The van der Waals surface area contributed by atoms with E-state index in [-0.39, 0.29) is 12.6 Å². The summed E-state index contributed by atoms with van der Waals surface area (Å²) in [5.74, 6) is 2.49. The van der Waals surface area contributed by atoms with Gasteiger partial charge in [0.05, 0.1) is 6.54 Å². The normalized spacial score (nSPS) is 14.7. The number of rotatable bonds is 6. The Bertz CT molecular complexity index is 464. The van der Waals surface area contributed by atoms with Crippen LogP contribution in [0, 0.1) is 0 Å². The van der Waals surface area contributed by atoms with E-state index in [1.165, 1.54) is 0 Å². The van der Waals surface area contributed by atoms with Crippen LogP contribution in [-0.2, 0) is 0 Å². The van der Waals surface area contributed by atoms with Gasteiger partial charge in [-0.2, -0.15) is 11.8 Å². The molecule has 19 heavy (non-hydrogen) atoms. The van der Waals surface area contributed by atoms with Crippen LogP contribution in [0.4, 0.5) is 0 Å². The lowest BCUT2D eigenvalue weighted by Crippen LogP contribution is -2.35. The molecule has 1 unspecified atom stereocenters. The molecule has 1 atom stereocenters. The summed E-state index contributed by atoms with van der Waals surface area (Å²) in [5.41, 5.74) is 0.674. The van der Waals surface area contributed by atoms with E-state index in [2.05, 4.69) is 18.1 Å². The van der Waals surface area contributed by atoms with Gasteiger partial charge in [-0.1, -0.05) is 0 Å². The van der Waals surface area contributed by atoms with Crippen LogP contribution in [0.15, 0.2) is 18.2 Å². The fraction of sp³-hybridized carbons (Fsp3) is 0.500. The summed E-state index contributed by atoms with van der Waals surface area (Å²) in [7, 11) is 1.98. The van der Waals surface area contributed by atoms with Crippen molar-refractivity contribution in [2.45, 2.75) is 13.0 Å². The van der Waals surface area contributed by atoms with Crippen molar-refractivity contribution < 1.29 is 14.3 Å². The van der Waals surface area contributed by atoms with Crippen molar-refractivity contribution in [2.75, 3.05) is 32.4 Å². The van der Waals surface area contributed by atoms with Crippen molar-refractivity contribution in [2.24, 2.45) is 0 Å². The molecule has 0 fully saturated rings. The van der Waals surface area contributed by atoms with Crippen LogP contribution in [0.5, 0.6) is 11.5 Å². The topological polar surface area (TPSA) is 38.8 Å². The number of hydrogen-bond donors (Lipinski definition) is 0. The highest BCUT2D eigenvalue weighted by Crippen LogP contribution is 2.32. The number of carbonyl (C=O) groups excluding carboxylic acids is 1. The average Bonchev–Trinajstić information content (AvgIpc) is 2.85. The van der Waals surface area contributed by atoms with Crippen molar-refractivity contribution in [3.05, 3.63) is 23.8 Å². The first-order valence-corrected chi connectivity index (χ1v) is 7.63. The summed E-state index contributed by atoms with van der Waals surface area (Å²) in [5, 5.41) is 0. The van der Waals surface area contributed by atoms with Crippen molar-refractivity contribution in [3.8, 4) is 11.5 Å². The van der Waals surface area contributed by atoms with Crippen LogP contribution in [0.2, 0.25) is 0 Å². The van der Waals surface area contributed by atoms with E-state index in [4.69, 9.17) is 9.47 Å². The molecular weight excluding hydrogens is 262 g/mol. The molecule has 1 aliphatic heterocycles. The molecule has 1 aliphatic rings. The quantitative estimate of drug-likeness (QED) is 0.748. The molecule has 104 valence electrons. The van der Waals surface area contributed by atoms with E-state index >= 15 is 0 Å². The number of fused-ring (bicyclic) bond motifs is 1. The number of hydrogen-bond acceptors (Lipinski definition) is 5. The summed E-state index contributed by atoms with van der Waals surface area (Å²) in [6.45, 7) is 2.78. The number of thioether (sulfide) groups is 1. The number of benzene rings is 1. The number of Topliss-reactive ketones (excluding diaryl/α,β-unsaturated/α-hetero) is 1. The molecule has 0 radical (unpaired) electrons. The Kier molecular flexibility index (Phi) is 4.71. The lowest BCUT2D eigenvalue weighted by Gasteiger charge is -2.23. The zero-order valence-corrected chi connectivity index (χ0v) is 12.3. The largest absolute Gasteiger partial charge is 0.454 e. The number of carbonyl (C=O) groups is 1. The van der Waals surface area contributed by atoms with Crippen LogP contribution in [0.3, 0.4) is 0 Å². The molecule has 0 amide bonds. The van der Waals surface area contributed by atoms with Crippen molar-refractivity contribution in [1.82, 2.24) is 4.90 Å². The van der Waals surface area contributed by atoms with Gasteiger partial charge in [-0.25, -0.2) is 0 Å². The molecule has 2 rings (SSSR count). The van der Waals surface area contributed by atoms with Crippen molar-refractivity contribution >= 4 is 17.5 Å². The van der Waals surface area contributed by atoms with E-state index in [0.717, 1.165) is 5.75 Å². The molecule has 5 heteroatoms. The van der Waals surface area contributed by atoms with Gasteiger partial charge in [0, 0.05) is 17.4 Å². The molecule has 1 heterocycles. The number of ether oxygens (including phenoxy) is 2. The summed E-state index contributed by atoms with van der Waals surface area (Å²) < 4.78 is 10.5. The lowest BCUT2D eigenvalue weighted by atomic mass is 10.1. The average molecular weight is 281 g/mol. The predicted molar refractivity (Wildman–Crippen MR) is 77.4 cm³/mol. The summed E-state index contributed by atoms with van der Waals surface area (Å²) in [4.78, 5) is 14.3. The van der Waals surface area contributed by atoms with Gasteiger partial charge in [0.25, 0.3) is 0 Å². The van der Waals surface area contributed by atoms with Gasteiger partial charge < -0.3 is 9.47 Å². The molecule has 0 bridgehead atoms. The maximum atomic E-state index is 12.2. The Hall–Kier alpha value is -1.20. The highest BCUT2D eigenvalue weighted by molar-refractivity contribution is 7.98. The first kappa shape index (κ1) is 14.2. The second-order valence-electron chi connectivity index (χ2n) is 4.71. The summed E-state index contributed by atoms with van der Waals surface area (Å²) in [6, 6.07) is 5.73. The maximum Gasteiger partial charge on any atom is 0.231 e. The van der Waals surface area contributed by atoms with Gasteiger partial charge in [-0.05, 0) is 38.4 Å². The molecular formula is C14H19NO3S. The van der Waals surface area contributed by atoms with Gasteiger partial charge in [0.1, 0.15) is 0 Å². The predicted octanol–water partition coefficient (Wildman–Crippen LogP) is 2.28. The van der Waals surface area contributed by atoms with E-state index < -0.39 is 0 Å². The Labute approximate surface area is 118 Å². The Balaban J connectivity index is 2.00. The summed E-state index contributed by atoms with van der Waals surface area (Å²) in [6.07, 6.45) is 2.07. The molecule has 4 nitrogen and oxygen atoms in total. The number of likely N-dealkylation sites (N-methyl/N-ethyl adjacent to an activating group) is 1. The van der Waals surface area contributed by atoms with Gasteiger partial charge >= 0.3 is 0 Å². The van der Waals surface area contributed by atoms with Crippen LogP contribution in [-0.4, -0.2) is 49.1 Å². The molecule has 0 N–H and O–H groups in total. The van der Waals surface area contributed by atoms with Crippen molar-refractivity contribution in [1.29, 1.82) is 0 Å². The lowest BCUT2D eigenvalue weighted by molar-refractivity contribution is 0.0930. The standard InChI is InChI=1S/C14H19NO3S/c1-10(8-19-3)15(2)7-12(16)11-4-5-13-14(6-11)18-9-17-13/h4-6,10H,7-9H2,1-3H3. The van der Waals surface area contributed by atoms with Gasteiger partial charge in [0.2, 0.25) is 6.79 Å². The maximum absolute atomic E-state index is 12.2. The monoisotopic (exact) mass is 281 g/mol. The molecule has 0 aromatic heterocycles. The second-order valence-corrected chi connectivity index (χ2v) is 5.62. The number of ketones is 1. The minimum Gasteiger partial charge on any atom is -0.454 e. The molecule has 0 aliphatic carbocycles. The smallest absolute Gasteiger partial charge is 0.231 e. The van der Waals surface area contributed by atoms with Crippen molar-refractivity contribution in [3.63, 3.8) is 0 Å². The second kappa shape index (κ2) is 6.30. The Morgan fingerprint density at radius 1 is 1.42 bits per heavy atom. The molecule has 0 saturated carbocycles. The van der Waals surface area contributed by atoms with Crippen LogP contribution >= 0.6 is 11.8 Å². The third kappa shape index (κ3) is 3.42. The highest BCUT2D eigenvalue weighted by Gasteiger charge is 2.18. The van der Waals surface area contributed by atoms with E-state index in [1.807, 2.05) is 7.05 Å². The molecule has 0 spiro atoms. The first-order valence-electron chi connectivity index (χ1n) is 6.24.